The van der Waals surface area contributed by atoms with E-state index in [0.29, 0.717) is 12.1 Å². The quantitative estimate of drug-likeness (QED) is 0.827. The summed E-state index contributed by atoms with van der Waals surface area (Å²) in [4.78, 5) is 2.51. The number of thioether (sulfide) groups is 1. The van der Waals surface area contributed by atoms with E-state index in [2.05, 4.69) is 71.0 Å². The van der Waals surface area contributed by atoms with Crippen molar-refractivity contribution in [2.45, 2.75) is 38.8 Å². The van der Waals surface area contributed by atoms with Crippen LogP contribution in [0, 0.1) is 0 Å². The van der Waals surface area contributed by atoms with E-state index in [1.807, 2.05) is 4.68 Å². The van der Waals surface area contributed by atoms with Crippen molar-refractivity contribution in [1.82, 2.24) is 20.0 Å². The topological polar surface area (TPSA) is 33.1 Å². The molecule has 1 fully saturated rings. The molecule has 1 saturated heterocycles. The van der Waals surface area contributed by atoms with Gasteiger partial charge in [-0.05, 0) is 35.9 Å². The lowest BCUT2D eigenvalue weighted by molar-refractivity contribution is 0.213. The van der Waals surface area contributed by atoms with E-state index < -0.39 is 0 Å². The first-order chi connectivity index (χ1) is 10.1. The number of likely N-dealkylation sites (N-methyl/N-ethyl adjacent to an activating group) is 2. The number of halogens is 1. The van der Waals surface area contributed by atoms with E-state index in [0.717, 1.165) is 25.1 Å². The maximum absolute atomic E-state index is 4.63. The molecule has 0 amide bonds. The zero-order chi connectivity index (χ0) is 15.4. The van der Waals surface area contributed by atoms with Crippen molar-refractivity contribution >= 4 is 27.7 Å². The molecule has 0 radical (unpaired) electrons. The average Bonchev–Trinajstić information content (AvgIpc) is 2.74. The van der Waals surface area contributed by atoms with Gasteiger partial charge in [-0.2, -0.15) is 16.9 Å². The van der Waals surface area contributed by atoms with Gasteiger partial charge in [-0.15, -0.1) is 0 Å². The van der Waals surface area contributed by atoms with Gasteiger partial charge >= 0.3 is 0 Å². The number of rotatable bonds is 6. The Bertz CT molecular complexity index is 463. The Morgan fingerprint density at radius 1 is 1.43 bits per heavy atom. The smallest absolute Gasteiger partial charge is 0.0766 e. The fourth-order valence-electron chi connectivity index (χ4n) is 2.99. The molecule has 2 atom stereocenters. The Balaban J connectivity index is 2.17. The third-order valence-electron chi connectivity index (χ3n) is 4.29. The van der Waals surface area contributed by atoms with E-state index in [-0.39, 0.29) is 0 Å². The van der Waals surface area contributed by atoms with Gasteiger partial charge in [-0.25, -0.2) is 0 Å². The van der Waals surface area contributed by atoms with Crippen molar-refractivity contribution in [3.63, 3.8) is 0 Å². The predicted molar refractivity (Wildman–Crippen MR) is 95.2 cm³/mol. The van der Waals surface area contributed by atoms with E-state index in [4.69, 9.17) is 0 Å². The van der Waals surface area contributed by atoms with Crippen LogP contribution in [0.5, 0.6) is 0 Å². The maximum atomic E-state index is 4.63. The molecule has 0 aromatic carbocycles. The van der Waals surface area contributed by atoms with Crippen molar-refractivity contribution in [2.24, 2.45) is 7.05 Å². The zero-order valence-electron chi connectivity index (χ0n) is 13.5. The van der Waals surface area contributed by atoms with Crippen LogP contribution in [-0.2, 0) is 19.9 Å². The lowest BCUT2D eigenvalue weighted by Crippen LogP contribution is -2.53. The fourth-order valence-corrected chi connectivity index (χ4v) is 5.08. The van der Waals surface area contributed by atoms with Gasteiger partial charge in [-0.3, -0.25) is 4.68 Å². The first kappa shape index (κ1) is 17.3. The molecule has 0 bridgehead atoms. The van der Waals surface area contributed by atoms with E-state index >= 15 is 0 Å². The van der Waals surface area contributed by atoms with Crippen LogP contribution < -0.4 is 5.32 Å². The molecular formula is C15H27BrN4S. The minimum Gasteiger partial charge on any atom is -0.312 e. The molecule has 4 nitrogen and oxygen atoms in total. The van der Waals surface area contributed by atoms with Gasteiger partial charge < -0.3 is 10.2 Å². The summed E-state index contributed by atoms with van der Waals surface area (Å²) < 4.78 is 3.24. The Morgan fingerprint density at radius 2 is 2.19 bits per heavy atom. The first-order valence-electron chi connectivity index (χ1n) is 7.80. The summed E-state index contributed by atoms with van der Waals surface area (Å²) in [6.07, 6.45) is 1.99. The van der Waals surface area contributed by atoms with E-state index in [1.54, 1.807) is 0 Å². The van der Waals surface area contributed by atoms with Gasteiger partial charge in [0.2, 0.25) is 0 Å². The van der Waals surface area contributed by atoms with Crippen molar-refractivity contribution < 1.29 is 0 Å². The second-order valence-electron chi connectivity index (χ2n) is 5.68. The van der Waals surface area contributed by atoms with Crippen molar-refractivity contribution in [3.05, 3.63) is 15.9 Å². The number of aromatic nitrogens is 2. The summed E-state index contributed by atoms with van der Waals surface area (Å²) >= 11 is 5.82. The van der Waals surface area contributed by atoms with Gasteiger partial charge in [0.15, 0.2) is 0 Å². The normalized spacial score (nSPS) is 21.7. The lowest BCUT2D eigenvalue weighted by Gasteiger charge is -2.38. The summed E-state index contributed by atoms with van der Waals surface area (Å²) in [5, 5.41) is 8.33. The minimum absolute atomic E-state index is 0.476. The second kappa shape index (κ2) is 7.99. The van der Waals surface area contributed by atoms with Gasteiger partial charge in [0.1, 0.15) is 0 Å². The van der Waals surface area contributed by atoms with Gasteiger partial charge in [0.25, 0.3) is 0 Å². The summed E-state index contributed by atoms with van der Waals surface area (Å²) in [7, 11) is 4.31. The molecule has 0 aliphatic carbocycles. The number of nitrogens with zero attached hydrogens (tertiary/aromatic N) is 3. The summed E-state index contributed by atoms with van der Waals surface area (Å²) in [6.45, 7) is 6.54. The highest BCUT2D eigenvalue weighted by molar-refractivity contribution is 9.10. The molecule has 21 heavy (non-hydrogen) atoms. The highest BCUT2D eigenvalue weighted by Gasteiger charge is 2.29. The molecule has 120 valence electrons. The maximum Gasteiger partial charge on any atom is 0.0766 e. The minimum atomic E-state index is 0.476. The van der Waals surface area contributed by atoms with Crippen LogP contribution >= 0.6 is 27.7 Å². The van der Waals surface area contributed by atoms with Gasteiger partial charge in [0.05, 0.1) is 15.9 Å². The van der Waals surface area contributed by atoms with Crippen LogP contribution in [0.15, 0.2) is 4.47 Å². The number of nitrogens with one attached hydrogen (secondary N) is 1. The predicted octanol–water partition coefficient (Wildman–Crippen LogP) is 2.31. The van der Waals surface area contributed by atoms with Crippen molar-refractivity contribution in [1.29, 1.82) is 0 Å². The first-order valence-corrected chi connectivity index (χ1v) is 9.74. The van der Waals surface area contributed by atoms with Crippen LogP contribution in [0.1, 0.15) is 25.2 Å². The Labute approximate surface area is 141 Å². The fraction of sp³-hybridized carbons (Fsp3) is 0.800. The third-order valence-corrected chi connectivity index (χ3v) is 6.25. The molecule has 1 aromatic rings. The number of hydrogen-bond donors (Lipinski definition) is 1. The number of hydrogen-bond acceptors (Lipinski definition) is 4. The van der Waals surface area contributed by atoms with Crippen LogP contribution in [0.4, 0.5) is 0 Å². The summed E-state index contributed by atoms with van der Waals surface area (Å²) in [5.74, 6) is 2.46. The Hall–Kier alpha value is -0.0400. The molecule has 1 aliphatic rings. The van der Waals surface area contributed by atoms with Crippen LogP contribution in [0.3, 0.4) is 0 Å². The number of aryl methyl sites for hydroxylation is 2. The third kappa shape index (κ3) is 4.03. The highest BCUT2D eigenvalue weighted by atomic mass is 79.9. The van der Waals surface area contributed by atoms with E-state index in [9.17, 15) is 0 Å². The standard InChI is InChI=1S/C15H27BrN4S/c1-5-11-15(16)13(20(4)18-11)9-12(17-6-2)14-10-21-8-7-19(14)3/h12,14,17H,5-10H2,1-4H3. The monoisotopic (exact) mass is 374 g/mol. The Kier molecular flexibility index (Phi) is 6.59. The Morgan fingerprint density at radius 3 is 2.76 bits per heavy atom. The molecule has 0 spiro atoms. The highest BCUT2D eigenvalue weighted by Crippen LogP contribution is 2.25. The summed E-state index contributed by atoms with van der Waals surface area (Å²) in [6, 6.07) is 1.07. The summed E-state index contributed by atoms with van der Waals surface area (Å²) in [5.41, 5.74) is 2.47. The van der Waals surface area contributed by atoms with Crippen LogP contribution in [-0.4, -0.2) is 58.4 Å². The average molecular weight is 375 g/mol. The zero-order valence-corrected chi connectivity index (χ0v) is 15.9. The largest absolute Gasteiger partial charge is 0.312 e. The van der Waals surface area contributed by atoms with Gasteiger partial charge in [0, 0.05) is 43.6 Å². The molecule has 1 aromatic heterocycles. The van der Waals surface area contributed by atoms with Crippen molar-refractivity contribution in [2.75, 3.05) is 31.6 Å². The molecular weight excluding hydrogens is 348 g/mol. The molecule has 1 N–H and O–H groups in total. The molecule has 0 saturated carbocycles. The molecule has 6 heteroatoms. The molecule has 2 heterocycles. The van der Waals surface area contributed by atoms with Crippen LogP contribution in [0.2, 0.25) is 0 Å². The second-order valence-corrected chi connectivity index (χ2v) is 7.62. The molecule has 2 rings (SSSR count). The van der Waals surface area contributed by atoms with E-state index in [1.165, 1.54) is 28.2 Å². The van der Waals surface area contributed by atoms with Crippen LogP contribution in [0.25, 0.3) is 0 Å². The lowest BCUT2D eigenvalue weighted by atomic mass is 10.0. The SMILES string of the molecule is CCNC(Cc1c(Br)c(CC)nn1C)C1CSCCN1C. The molecule has 2 unspecified atom stereocenters. The molecule has 1 aliphatic heterocycles. The van der Waals surface area contributed by atoms with Gasteiger partial charge in [-0.1, -0.05) is 13.8 Å². The van der Waals surface area contributed by atoms with Crippen molar-refractivity contribution in [3.8, 4) is 0 Å².